The van der Waals surface area contributed by atoms with Crippen LogP contribution < -0.4 is 4.74 Å². The number of ether oxygens (including phenoxy) is 2. The van der Waals surface area contributed by atoms with Crippen molar-refractivity contribution in [1.82, 2.24) is 0 Å². The highest BCUT2D eigenvalue weighted by molar-refractivity contribution is 7.08. The minimum Gasteiger partial charge on any atom is -0.497 e. The molecule has 3 nitrogen and oxygen atoms in total. The second-order valence-corrected chi connectivity index (χ2v) is 4.16. The van der Waals surface area contributed by atoms with Gasteiger partial charge in [0.05, 0.1) is 19.8 Å². The van der Waals surface area contributed by atoms with Crippen LogP contribution in [0, 0.1) is 0 Å². The van der Waals surface area contributed by atoms with Gasteiger partial charge >= 0.3 is 5.97 Å². The normalized spacial score (nSPS) is 10.0. The quantitative estimate of drug-likeness (QED) is 0.782. The molecule has 0 aliphatic heterocycles. The monoisotopic (exact) mass is 248 g/mol. The Morgan fingerprint density at radius 2 is 1.82 bits per heavy atom. The summed E-state index contributed by atoms with van der Waals surface area (Å²) in [5.41, 5.74) is 2.47. The number of rotatable bonds is 3. The number of benzene rings is 1. The maximum absolute atomic E-state index is 11.6. The molecule has 88 valence electrons. The van der Waals surface area contributed by atoms with Crippen LogP contribution in [-0.4, -0.2) is 20.2 Å². The van der Waals surface area contributed by atoms with E-state index in [1.165, 1.54) is 18.4 Å². The highest BCUT2D eigenvalue weighted by Gasteiger charge is 2.14. The Labute approximate surface area is 104 Å². The molecule has 17 heavy (non-hydrogen) atoms. The number of esters is 1. The summed E-state index contributed by atoms with van der Waals surface area (Å²) in [7, 11) is 3.01. The molecule has 0 atom stereocenters. The fourth-order valence-electron chi connectivity index (χ4n) is 1.56. The van der Waals surface area contributed by atoms with Crippen LogP contribution in [0.1, 0.15) is 10.4 Å². The van der Waals surface area contributed by atoms with Gasteiger partial charge in [-0.15, -0.1) is 0 Å². The summed E-state index contributed by atoms with van der Waals surface area (Å²) < 4.78 is 9.84. The summed E-state index contributed by atoms with van der Waals surface area (Å²) >= 11 is 1.48. The lowest BCUT2D eigenvalue weighted by Gasteiger charge is -2.04. The van der Waals surface area contributed by atoms with Crippen LogP contribution in [0.25, 0.3) is 11.1 Å². The van der Waals surface area contributed by atoms with Crippen molar-refractivity contribution in [2.75, 3.05) is 14.2 Å². The van der Waals surface area contributed by atoms with E-state index in [1.807, 2.05) is 29.6 Å². The summed E-state index contributed by atoms with van der Waals surface area (Å²) in [5.74, 6) is 0.487. The van der Waals surface area contributed by atoms with Gasteiger partial charge in [-0.2, -0.15) is 11.3 Å². The van der Waals surface area contributed by atoms with Gasteiger partial charge in [0, 0.05) is 10.9 Å². The van der Waals surface area contributed by atoms with Gasteiger partial charge in [0.2, 0.25) is 0 Å². The van der Waals surface area contributed by atoms with Crippen LogP contribution in [0.15, 0.2) is 35.0 Å². The molecule has 1 aromatic heterocycles. The number of thiophene rings is 1. The Balaban J connectivity index is 2.39. The molecule has 0 aliphatic rings. The Hall–Kier alpha value is -1.81. The van der Waals surface area contributed by atoms with Crippen molar-refractivity contribution in [3.63, 3.8) is 0 Å². The highest BCUT2D eigenvalue weighted by atomic mass is 32.1. The maximum Gasteiger partial charge on any atom is 0.339 e. The van der Waals surface area contributed by atoms with Gasteiger partial charge in [-0.25, -0.2) is 4.79 Å². The van der Waals surface area contributed by atoms with E-state index in [4.69, 9.17) is 9.47 Å². The van der Waals surface area contributed by atoms with Crippen LogP contribution in [-0.2, 0) is 4.74 Å². The van der Waals surface area contributed by atoms with Crippen molar-refractivity contribution in [3.05, 3.63) is 40.6 Å². The van der Waals surface area contributed by atoms with Gasteiger partial charge in [-0.3, -0.25) is 0 Å². The van der Waals surface area contributed by atoms with E-state index >= 15 is 0 Å². The molecule has 0 saturated heterocycles. The third kappa shape index (κ3) is 2.31. The van der Waals surface area contributed by atoms with E-state index in [9.17, 15) is 4.79 Å². The first-order valence-electron chi connectivity index (χ1n) is 5.05. The van der Waals surface area contributed by atoms with Gasteiger partial charge in [0.25, 0.3) is 0 Å². The molecule has 0 amide bonds. The largest absolute Gasteiger partial charge is 0.497 e. The number of hydrogen-bond acceptors (Lipinski definition) is 4. The van der Waals surface area contributed by atoms with E-state index in [0.717, 1.165) is 16.9 Å². The molecular formula is C13H12O3S. The molecule has 0 N–H and O–H groups in total. The zero-order valence-electron chi connectivity index (χ0n) is 9.60. The van der Waals surface area contributed by atoms with Crippen LogP contribution >= 0.6 is 11.3 Å². The molecular weight excluding hydrogens is 236 g/mol. The van der Waals surface area contributed by atoms with Crippen molar-refractivity contribution in [2.24, 2.45) is 0 Å². The first kappa shape index (κ1) is 11.7. The molecule has 0 radical (unpaired) electrons. The number of carbonyl (C=O) groups excluding carboxylic acids is 1. The smallest absolute Gasteiger partial charge is 0.339 e. The molecule has 4 heteroatoms. The first-order valence-corrected chi connectivity index (χ1v) is 5.99. The zero-order valence-corrected chi connectivity index (χ0v) is 10.4. The molecule has 1 heterocycles. The lowest BCUT2D eigenvalue weighted by molar-refractivity contribution is 0.0602. The molecule has 0 saturated carbocycles. The molecule has 2 rings (SSSR count). The topological polar surface area (TPSA) is 35.5 Å². The standard InChI is InChI=1S/C13H12O3S/c1-15-10-5-3-9(4-6-10)11-7-17-8-12(11)13(14)16-2/h3-8H,1-2H3. The third-order valence-electron chi connectivity index (χ3n) is 2.47. The van der Waals surface area contributed by atoms with Crippen LogP contribution in [0.3, 0.4) is 0 Å². The first-order chi connectivity index (χ1) is 8.26. The molecule has 0 aliphatic carbocycles. The average Bonchev–Trinajstić information content (AvgIpc) is 2.87. The number of methoxy groups -OCH3 is 2. The van der Waals surface area contributed by atoms with Crippen molar-refractivity contribution in [3.8, 4) is 16.9 Å². The van der Waals surface area contributed by atoms with Crippen LogP contribution in [0.5, 0.6) is 5.75 Å². The van der Waals surface area contributed by atoms with Gasteiger partial charge in [-0.05, 0) is 23.1 Å². The van der Waals surface area contributed by atoms with Crippen molar-refractivity contribution in [1.29, 1.82) is 0 Å². The Kier molecular flexibility index (Phi) is 3.44. The molecule has 0 bridgehead atoms. The molecule has 0 fully saturated rings. The SMILES string of the molecule is COC(=O)c1cscc1-c1ccc(OC)cc1. The van der Waals surface area contributed by atoms with Crippen LogP contribution in [0.2, 0.25) is 0 Å². The molecule has 0 spiro atoms. The van der Waals surface area contributed by atoms with Gasteiger partial charge in [-0.1, -0.05) is 12.1 Å². The predicted molar refractivity (Wildman–Crippen MR) is 67.6 cm³/mol. The second-order valence-electron chi connectivity index (χ2n) is 3.42. The van der Waals surface area contributed by atoms with E-state index in [-0.39, 0.29) is 5.97 Å². The Bertz CT molecular complexity index is 514. The van der Waals surface area contributed by atoms with Gasteiger partial charge in [0.1, 0.15) is 5.75 Å². The predicted octanol–water partition coefficient (Wildman–Crippen LogP) is 3.21. The summed E-state index contributed by atoms with van der Waals surface area (Å²) in [6, 6.07) is 7.59. The summed E-state index contributed by atoms with van der Waals surface area (Å²) in [6.07, 6.45) is 0. The molecule has 1 aromatic carbocycles. The molecule has 0 unspecified atom stereocenters. The Morgan fingerprint density at radius 3 is 2.41 bits per heavy atom. The average molecular weight is 248 g/mol. The zero-order chi connectivity index (χ0) is 12.3. The van der Waals surface area contributed by atoms with E-state index in [2.05, 4.69) is 0 Å². The highest BCUT2D eigenvalue weighted by Crippen LogP contribution is 2.29. The summed E-state index contributed by atoms with van der Waals surface area (Å²) in [6.45, 7) is 0. The van der Waals surface area contributed by atoms with E-state index in [1.54, 1.807) is 12.5 Å². The van der Waals surface area contributed by atoms with E-state index in [0.29, 0.717) is 5.56 Å². The van der Waals surface area contributed by atoms with Gasteiger partial charge < -0.3 is 9.47 Å². The minimum atomic E-state index is -0.308. The number of carbonyl (C=O) groups is 1. The maximum atomic E-state index is 11.6. The van der Waals surface area contributed by atoms with Gasteiger partial charge in [0.15, 0.2) is 0 Å². The van der Waals surface area contributed by atoms with Crippen molar-refractivity contribution < 1.29 is 14.3 Å². The third-order valence-corrected chi connectivity index (χ3v) is 3.21. The fraction of sp³-hybridized carbons (Fsp3) is 0.154. The summed E-state index contributed by atoms with van der Waals surface area (Å²) in [5, 5.41) is 3.74. The fourth-order valence-corrected chi connectivity index (χ4v) is 2.39. The number of hydrogen-bond donors (Lipinski definition) is 0. The Morgan fingerprint density at radius 1 is 1.12 bits per heavy atom. The van der Waals surface area contributed by atoms with Crippen molar-refractivity contribution >= 4 is 17.3 Å². The summed E-state index contributed by atoms with van der Waals surface area (Å²) in [4.78, 5) is 11.6. The molecule has 2 aromatic rings. The van der Waals surface area contributed by atoms with Crippen molar-refractivity contribution in [2.45, 2.75) is 0 Å². The second kappa shape index (κ2) is 5.01. The van der Waals surface area contributed by atoms with E-state index < -0.39 is 0 Å². The van der Waals surface area contributed by atoms with Crippen LogP contribution in [0.4, 0.5) is 0 Å². The minimum absolute atomic E-state index is 0.308. The lowest BCUT2D eigenvalue weighted by Crippen LogP contribution is -2.00. The lowest BCUT2D eigenvalue weighted by atomic mass is 10.0.